The molecule has 24 heavy (non-hydrogen) atoms. The lowest BCUT2D eigenvalue weighted by Crippen LogP contribution is -2.14. The monoisotopic (exact) mass is 388 g/mol. The second-order valence-electron chi connectivity index (χ2n) is 4.83. The Balaban J connectivity index is 1.64. The molecule has 7 nitrogen and oxygen atoms in total. The largest absolute Gasteiger partial charge is 0.497 e. The third kappa shape index (κ3) is 3.96. The van der Waals surface area contributed by atoms with Crippen LogP contribution in [0.1, 0.15) is 5.89 Å². The van der Waals surface area contributed by atoms with Crippen LogP contribution in [-0.4, -0.2) is 28.1 Å². The first kappa shape index (κ1) is 16.1. The van der Waals surface area contributed by atoms with Crippen molar-refractivity contribution in [2.24, 2.45) is 0 Å². The molecule has 0 aliphatic carbocycles. The summed E-state index contributed by atoms with van der Waals surface area (Å²) < 4.78 is 10.9. The fraction of sp³-hybridized carbons (Fsp3) is 0.125. The Morgan fingerprint density at radius 2 is 2.04 bits per heavy atom. The van der Waals surface area contributed by atoms with Crippen molar-refractivity contribution < 1.29 is 14.1 Å². The number of halogens is 1. The summed E-state index contributed by atoms with van der Waals surface area (Å²) in [7, 11) is 1.60. The van der Waals surface area contributed by atoms with Crippen LogP contribution in [0.15, 0.2) is 51.7 Å². The van der Waals surface area contributed by atoms with Crippen molar-refractivity contribution in [3.05, 3.63) is 53.1 Å². The highest BCUT2D eigenvalue weighted by molar-refractivity contribution is 9.10. The number of aromatic nitrogens is 3. The number of nitrogens with zero attached hydrogens (tertiary/aromatic N) is 3. The predicted molar refractivity (Wildman–Crippen MR) is 90.6 cm³/mol. The number of methoxy groups -OCH3 is 1. The zero-order valence-corrected chi connectivity index (χ0v) is 14.3. The van der Waals surface area contributed by atoms with E-state index in [1.54, 1.807) is 37.6 Å². The van der Waals surface area contributed by atoms with Gasteiger partial charge in [-0.2, -0.15) is 4.98 Å². The Kier molecular flexibility index (Phi) is 4.85. The van der Waals surface area contributed by atoms with Crippen LogP contribution in [0.4, 0.5) is 5.69 Å². The first-order valence-electron chi connectivity index (χ1n) is 7.02. The minimum Gasteiger partial charge on any atom is -0.497 e. The molecule has 0 fully saturated rings. The van der Waals surface area contributed by atoms with Gasteiger partial charge in [0.15, 0.2) is 0 Å². The smallest absolute Gasteiger partial charge is 0.236 e. The average molecular weight is 389 g/mol. The third-order valence-corrected chi connectivity index (χ3v) is 3.61. The third-order valence-electron chi connectivity index (χ3n) is 3.14. The SMILES string of the molecule is COc1ccc(-c2noc(CC(=O)Nc3ccc(Br)nc3)n2)cc1. The van der Waals surface area contributed by atoms with E-state index < -0.39 is 0 Å². The number of carbonyl (C=O) groups is 1. The standard InChI is InChI=1S/C16H13BrN4O3/c1-23-12-5-2-10(3-6-12)16-20-15(24-21-16)8-14(22)19-11-4-7-13(17)18-9-11/h2-7,9H,8H2,1H3,(H,19,22). The molecule has 1 N–H and O–H groups in total. The molecular formula is C16H13BrN4O3. The van der Waals surface area contributed by atoms with E-state index in [0.717, 1.165) is 11.3 Å². The lowest BCUT2D eigenvalue weighted by molar-refractivity contribution is -0.115. The van der Waals surface area contributed by atoms with Crippen molar-refractivity contribution in [1.29, 1.82) is 0 Å². The molecule has 1 aromatic carbocycles. The highest BCUT2D eigenvalue weighted by atomic mass is 79.9. The Bertz CT molecular complexity index is 831. The molecule has 0 aliphatic rings. The van der Waals surface area contributed by atoms with Gasteiger partial charge in [0.05, 0.1) is 19.0 Å². The van der Waals surface area contributed by atoms with Gasteiger partial charge in [-0.3, -0.25) is 4.79 Å². The van der Waals surface area contributed by atoms with Crippen molar-refractivity contribution in [1.82, 2.24) is 15.1 Å². The first-order chi connectivity index (χ1) is 11.6. The summed E-state index contributed by atoms with van der Waals surface area (Å²) in [5.41, 5.74) is 1.38. The fourth-order valence-electron chi connectivity index (χ4n) is 1.98. The zero-order valence-electron chi connectivity index (χ0n) is 12.7. The van der Waals surface area contributed by atoms with Crippen molar-refractivity contribution in [3.8, 4) is 17.1 Å². The van der Waals surface area contributed by atoms with Gasteiger partial charge >= 0.3 is 0 Å². The summed E-state index contributed by atoms with van der Waals surface area (Å²) in [4.78, 5) is 20.3. The summed E-state index contributed by atoms with van der Waals surface area (Å²) in [6.07, 6.45) is 1.54. The molecule has 0 atom stereocenters. The number of pyridine rings is 1. The Hall–Kier alpha value is -2.74. The van der Waals surface area contributed by atoms with Gasteiger partial charge < -0.3 is 14.6 Å². The zero-order chi connectivity index (χ0) is 16.9. The van der Waals surface area contributed by atoms with E-state index in [0.29, 0.717) is 16.1 Å². The molecule has 3 rings (SSSR count). The van der Waals surface area contributed by atoms with Crippen molar-refractivity contribution >= 4 is 27.5 Å². The van der Waals surface area contributed by atoms with Crippen molar-refractivity contribution in [2.75, 3.05) is 12.4 Å². The summed E-state index contributed by atoms with van der Waals surface area (Å²) in [6, 6.07) is 10.7. The maximum absolute atomic E-state index is 12.0. The molecule has 0 saturated carbocycles. The maximum Gasteiger partial charge on any atom is 0.236 e. The number of ether oxygens (including phenoxy) is 1. The number of rotatable bonds is 5. The second kappa shape index (κ2) is 7.22. The van der Waals surface area contributed by atoms with E-state index >= 15 is 0 Å². The minimum atomic E-state index is -0.260. The lowest BCUT2D eigenvalue weighted by Gasteiger charge is -2.02. The number of benzene rings is 1. The lowest BCUT2D eigenvalue weighted by atomic mass is 10.2. The molecule has 0 aliphatic heterocycles. The molecule has 8 heteroatoms. The number of carbonyl (C=O) groups excluding carboxylic acids is 1. The van der Waals surface area contributed by atoms with Gasteiger partial charge in [-0.1, -0.05) is 5.16 Å². The number of nitrogens with one attached hydrogen (secondary N) is 1. The van der Waals surface area contributed by atoms with Crippen LogP contribution < -0.4 is 10.1 Å². The van der Waals surface area contributed by atoms with Gasteiger partial charge in [0, 0.05) is 5.56 Å². The van der Waals surface area contributed by atoms with Gasteiger partial charge in [0.1, 0.15) is 16.8 Å². The highest BCUT2D eigenvalue weighted by Gasteiger charge is 2.13. The molecule has 122 valence electrons. The normalized spacial score (nSPS) is 10.4. The summed E-state index contributed by atoms with van der Waals surface area (Å²) in [6.45, 7) is 0. The highest BCUT2D eigenvalue weighted by Crippen LogP contribution is 2.20. The van der Waals surface area contributed by atoms with E-state index in [-0.39, 0.29) is 18.2 Å². The Labute approximate surface area is 146 Å². The first-order valence-corrected chi connectivity index (χ1v) is 7.82. The van der Waals surface area contributed by atoms with E-state index in [9.17, 15) is 4.79 Å². The molecule has 2 aromatic heterocycles. The van der Waals surface area contributed by atoms with E-state index in [2.05, 4.69) is 36.4 Å². The van der Waals surface area contributed by atoms with Crippen LogP contribution in [-0.2, 0) is 11.2 Å². The van der Waals surface area contributed by atoms with Gasteiger partial charge in [-0.25, -0.2) is 4.98 Å². The molecule has 1 amide bonds. The fourth-order valence-corrected chi connectivity index (χ4v) is 2.21. The topological polar surface area (TPSA) is 90.1 Å². The predicted octanol–water partition coefficient (Wildman–Crippen LogP) is 3.08. The summed E-state index contributed by atoms with van der Waals surface area (Å²) in [5, 5.41) is 6.60. The van der Waals surface area contributed by atoms with E-state index in [1.807, 2.05) is 12.1 Å². The van der Waals surface area contributed by atoms with Crippen LogP contribution in [0.25, 0.3) is 11.4 Å². The summed E-state index contributed by atoms with van der Waals surface area (Å²) >= 11 is 3.23. The van der Waals surface area contributed by atoms with Gasteiger partial charge in [0.25, 0.3) is 0 Å². The number of amides is 1. The van der Waals surface area contributed by atoms with Gasteiger partial charge in [0.2, 0.25) is 17.6 Å². The molecule has 0 radical (unpaired) electrons. The van der Waals surface area contributed by atoms with Crippen LogP contribution >= 0.6 is 15.9 Å². The number of hydrogen-bond acceptors (Lipinski definition) is 6. The molecule has 0 bridgehead atoms. The average Bonchev–Trinajstić information content (AvgIpc) is 3.05. The van der Waals surface area contributed by atoms with Crippen molar-refractivity contribution in [3.63, 3.8) is 0 Å². The van der Waals surface area contributed by atoms with Gasteiger partial charge in [-0.15, -0.1) is 0 Å². The van der Waals surface area contributed by atoms with E-state index in [1.165, 1.54) is 0 Å². The van der Waals surface area contributed by atoms with Crippen LogP contribution in [0.5, 0.6) is 5.75 Å². The summed E-state index contributed by atoms with van der Waals surface area (Å²) in [5.74, 6) is 1.14. The van der Waals surface area contributed by atoms with Crippen LogP contribution in [0, 0.1) is 0 Å². The second-order valence-corrected chi connectivity index (χ2v) is 5.65. The quantitative estimate of drug-likeness (QED) is 0.675. The van der Waals surface area contributed by atoms with Crippen LogP contribution in [0.3, 0.4) is 0 Å². The molecule has 3 aromatic rings. The molecule has 0 saturated heterocycles. The molecule has 0 unspecified atom stereocenters. The maximum atomic E-state index is 12.0. The van der Waals surface area contributed by atoms with Crippen LogP contribution in [0.2, 0.25) is 0 Å². The van der Waals surface area contributed by atoms with Crippen molar-refractivity contribution in [2.45, 2.75) is 6.42 Å². The Morgan fingerprint density at radius 3 is 2.71 bits per heavy atom. The Morgan fingerprint density at radius 1 is 1.25 bits per heavy atom. The molecule has 2 heterocycles. The van der Waals surface area contributed by atoms with E-state index in [4.69, 9.17) is 9.26 Å². The van der Waals surface area contributed by atoms with Gasteiger partial charge in [-0.05, 0) is 52.3 Å². The number of anilines is 1. The molecule has 0 spiro atoms. The minimum absolute atomic E-state index is 0.0147. The molecular weight excluding hydrogens is 376 g/mol. The number of hydrogen-bond donors (Lipinski definition) is 1.